The Hall–Kier alpha value is -4.46. The van der Waals surface area contributed by atoms with Crippen molar-refractivity contribution < 1.29 is 4.39 Å². The first kappa shape index (κ1) is 17.4. The highest BCUT2D eigenvalue weighted by Crippen LogP contribution is 2.32. The molecule has 0 atom stereocenters. The van der Waals surface area contributed by atoms with Crippen LogP contribution in [-0.4, -0.2) is 35.1 Å². The molecule has 7 nitrogen and oxygen atoms in total. The lowest BCUT2D eigenvalue weighted by molar-refractivity contribution is 0.631. The van der Waals surface area contributed by atoms with Gasteiger partial charge < -0.3 is 4.98 Å². The van der Waals surface area contributed by atoms with Gasteiger partial charge in [0.25, 0.3) is 0 Å². The minimum absolute atomic E-state index is 0.342. The van der Waals surface area contributed by atoms with Gasteiger partial charge in [-0.2, -0.15) is 5.10 Å². The molecule has 0 saturated heterocycles. The summed E-state index contributed by atoms with van der Waals surface area (Å²) in [5.41, 5.74) is 5.46. The third kappa shape index (κ3) is 2.84. The summed E-state index contributed by atoms with van der Waals surface area (Å²) < 4.78 is 14.4. The van der Waals surface area contributed by atoms with Crippen LogP contribution in [0, 0.1) is 5.82 Å². The smallest absolute Gasteiger partial charge is 0.159 e. The summed E-state index contributed by atoms with van der Waals surface area (Å²) in [4.78, 5) is 20.9. The number of benzene rings is 2. The fourth-order valence-electron chi connectivity index (χ4n) is 3.70. The average Bonchev–Trinajstić information content (AvgIpc) is 3.43. The van der Waals surface area contributed by atoms with E-state index >= 15 is 0 Å². The molecule has 0 unspecified atom stereocenters. The molecule has 0 saturated carbocycles. The number of rotatable bonds is 3. The van der Waals surface area contributed by atoms with Gasteiger partial charge in [-0.05, 0) is 30.3 Å². The zero-order valence-electron chi connectivity index (χ0n) is 16.0. The Bertz CT molecular complexity index is 1550. The Morgan fingerprint density at radius 1 is 0.839 bits per heavy atom. The number of aromatic nitrogens is 7. The van der Waals surface area contributed by atoms with Crippen molar-refractivity contribution in [1.29, 1.82) is 0 Å². The van der Waals surface area contributed by atoms with Gasteiger partial charge in [-0.25, -0.2) is 9.37 Å². The number of nitrogens with zero attached hydrogens (tertiary/aromatic N) is 5. The zero-order valence-corrected chi connectivity index (χ0v) is 16.0. The Morgan fingerprint density at radius 2 is 1.77 bits per heavy atom. The number of H-pyrrole nitrogens is 2. The molecule has 0 radical (unpaired) electrons. The first-order valence-electron chi connectivity index (χ1n) is 9.62. The summed E-state index contributed by atoms with van der Waals surface area (Å²) in [6.07, 6.45) is 6.66. The van der Waals surface area contributed by atoms with Gasteiger partial charge in [0, 0.05) is 35.1 Å². The third-order valence-corrected chi connectivity index (χ3v) is 5.18. The van der Waals surface area contributed by atoms with E-state index in [4.69, 9.17) is 4.98 Å². The molecule has 4 heterocycles. The molecular formula is C23H14FN7. The number of hydrogen-bond donors (Lipinski definition) is 2. The Morgan fingerprint density at radius 3 is 2.65 bits per heavy atom. The average molecular weight is 407 g/mol. The Kier molecular flexibility index (Phi) is 3.82. The van der Waals surface area contributed by atoms with Crippen molar-refractivity contribution in [2.24, 2.45) is 0 Å². The van der Waals surface area contributed by atoms with E-state index in [0.29, 0.717) is 28.3 Å². The molecule has 6 rings (SSSR count). The summed E-state index contributed by atoms with van der Waals surface area (Å²) >= 11 is 0. The topological polar surface area (TPSA) is 96.0 Å². The molecular weight excluding hydrogens is 393 g/mol. The highest BCUT2D eigenvalue weighted by Gasteiger charge is 2.17. The van der Waals surface area contributed by atoms with E-state index in [9.17, 15) is 4.39 Å². The van der Waals surface area contributed by atoms with E-state index in [1.165, 1.54) is 6.07 Å². The van der Waals surface area contributed by atoms with Gasteiger partial charge in [0.2, 0.25) is 0 Å². The van der Waals surface area contributed by atoms with Crippen LogP contribution in [0.3, 0.4) is 0 Å². The van der Waals surface area contributed by atoms with Crippen LogP contribution in [0.5, 0.6) is 0 Å². The van der Waals surface area contributed by atoms with Crippen molar-refractivity contribution >= 4 is 21.9 Å². The van der Waals surface area contributed by atoms with Crippen LogP contribution in [0.15, 0.2) is 73.3 Å². The SMILES string of the molecule is Fc1ccccc1-c1nccc2[nH]c(-c3n[nH]c4ccc(-c5cnccn5)cc34)nc12. The number of nitrogens with one attached hydrogen (secondary N) is 2. The van der Waals surface area contributed by atoms with Crippen LogP contribution in [-0.2, 0) is 0 Å². The highest BCUT2D eigenvalue weighted by atomic mass is 19.1. The fraction of sp³-hybridized carbons (Fsp3) is 0. The molecule has 0 aliphatic carbocycles. The van der Waals surface area contributed by atoms with Gasteiger partial charge in [-0.3, -0.25) is 20.1 Å². The maximum Gasteiger partial charge on any atom is 0.159 e. The summed E-state index contributed by atoms with van der Waals surface area (Å²) in [6, 6.07) is 14.3. The zero-order chi connectivity index (χ0) is 20.8. The number of pyridine rings is 1. The maximum atomic E-state index is 14.4. The quantitative estimate of drug-likeness (QED) is 0.441. The molecule has 31 heavy (non-hydrogen) atoms. The lowest BCUT2D eigenvalue weighted by Gasteiger charge is -2.02. The van der Waals surface area contributed by atoms with E-state index < -0.39 is 0 Å². The van der Waals surface area contributed by atoms with Gasteiger partial charge in [0.15, 0.2) is 5.82 Å². The van der Waals surface area contributed by atoms with Gasteiger partial charge in [0.05, 0.1) is 22.9 Å². The minimum atomic E-state index is -0.342. The predicted octanol–water partition coefficient (Wildman–Crippen LogP) is 4.76. The molecule has 0 bridgehead atoms. The van der Waals surface area contributed by atoms with Gasteiger partial charge in [0.1, 0.15) is 22.7 Å². The van der Waals surface area contributed by atoms with Gasteiger partial charge in [-0.15, -0.1) is 0 Å². The normalized spacial score (nSPS) is 11.4. The summed E-state index contributed by atoms with van der Waals surface area (Å²) in [7, 11) is 0. The van der Waals surface area contributed by atoms with E-state index in [-0.39, 0.29) is 5.82 Å². The summed E-state index contributed by atoms with van der Waals surface area (Å²) in [6.45, 7) is 0. The highest BCUT2D eigenvalue weighted by molar-refractivity contribution is 5.97. The van der Waals surface area contributed by atoms with Crippen LogP contribution in [0.2, 0.25) is 0 Å². The summed E-state index contributed by atoms with van der Waals surface area (Å²) in [5, 5.41) is 8.40. The molecule has 8 heteroatoms. The van der Waals surface area contributed by atoms with E-state index in [2.05, 4.69) is 30.1 Å². The molecule has 4 aromatic heterocycles. The van der Waals surface area contributed by atoms with Crippen molar-refractivity contribution in [2.45, 2.75) is 0 Å². The number of aromatic amines is 2. The van der Waals surface area contributed by atoms with Crippen LogP contribution >= 0.6 is 0 Å². The first-order chi connectivity index (χ1) is 15.3. The van der Waals surface area contributed by atoms with Gasteiger partial charge >= 0.3 is 0 Å². The molecule has 0 spiro atoms. The molecule has 6 aromatic rings. The van der Waals surface area contributed by atoms with E-state index in [0.717, 1.165) is 27.7 Å². The number of halogens is 1. The van der Waals surface area contributed by atoms with Crippen molar-refractivity contribution in [1.82, 2.24) is 35.1 Å². The summed E-state index contributed by atoms with van der Waals surface area (Å²) in [5.74, 6) is 0.231. The van der Waals surface area contributed by atoms with Crippen molar-refractivity contribution in [3.8, 4) is 34.0 Å². The molecule has 0 amide bonds. The van der Waals surface area contributed by atoms with Crippen molar-refractivity contribution in [3.63, 3.8) is 0 Å². The number of fused-ring (bicyclic) bond motifs is 2. The Balaban J connectivity index is 1.53. The van der Waals surface area contributed by atoms with E-state index in [1.54, 1.807) is 43.0 Å². The van der Waals surface area contributed by atoms with Gasteiger partial charge in [-0.1, -0.05) is 18.2 Å². The lowest BCUT2D eigenvalue weighted by atomic mass is 10.1. The lowest BCUT2D eigenvalue weighted by Crippen LogP contribution is -1.89. The molecule has 0 fully saturated rings. The molecule has 148 valence electrons. The maximum absolute atomic E-state index is 14.4. The predicted molar refractivity (Wildman–Crippen MR) is 115 cm³/mol. The Labute approximate surface area is 175 Å². The fourth-order valence-corrected chi connectivity index (χ4v) is 3.70. The number of hydrogen-bond acceptors (Lipinski definition) is 5. The number of imidazole rings is 1. The van der Waals surface area contributed by atoms with Crippen molar-refractivity contribution in [2.75, 3.05) is 0 Å². The second-order valence-corrected chi connectivity index (χ2v) is 7.04. The molecule has 2 aromatic carbocycles. The van der Waals surface area contributed by atoms with Crippen LogP contribution < -0.4 is 0 Å². The third-order valence-electron chi connectivity index (χ3n) is 5.18. The van der Waals surface area contributed by atoms with E-state index in [1.807, 2.05) is 24.3 Å². The van der Waals surface area contributed by atoms with Crippen molar-refractivity contribution in [3.05, 3.63) is 79.1 Å². The van der Waals surface area contributed by atoms with Crippen LogP contribution in [0.4, 0.5) is 4.39 Å². The second kappa shape index (κ2) is 6.81. The molecule has 0 aliphatic rings. The van der Waals surface area contributed by atoms with Crippen LogP contribution in [0.25, 0.3) is 56.0 Å². The monoisotopic (exact) mass is 407 g/mol. The molecule has 2 N–H and O–H groups in total. The first-order valence-corrected chi connectivity index (χ1v) is 9.62. The second-order valence-electron chi connectivity index (χ2n) is 7.04. The van der Waals surface area contributed by atoms with Crippen LogP contribution in [0.1, 0.15) is 0 Å². The largest absolute Gasteiger partial charge is 0.336 e. The minimum Gasteiger partial charge on any atom is -0.336 e. The molecule has 0 aliphatic heterocycles. The standard InChI is InChI=1S/C23H14FN7/c24-16-4-2-1-3-14(16)20-22-18(7-8-27-20)28-23(29-22)21-15-11-13(5-6-17(15)30-31-21)19-12-25-9-10-26-19/h1-12H,(H,28,29)(H,30,31).